The second-order valence-electron chi connectivity index (χ2n) is 4.56. The Morgan fingerprint density at radius 2 is 2.35 bits per heavy atom. The van der Waals surface area contributed by atoms with Crippen LogP contribution in [0, 0.1) is 0 Å². The molecule has 2 atom stereocenters. The summed E-state index contributed by atoms with van der Waals surface area (Å²) in [6.45, 7) is 3.54. The van der Waals surface area contributed by atoms with E-state index in [1.165, 1.54) is 0 Å². The van der Waals surface area contributed by atoms with E-state index in [4.69, 9.17) is 16.3 Å². The van der Waals surface area contributed by atoms with Crippen molar-refractivity contribution in [2.24, 2.45) is 0 Å². The maximum absolute atomic E-state index is 9.69. The van der Waals surface area contributed by atoms with Crippen molar-refractivity contribution in [3.05, 3.63) is 28.8 Å². The molecule has 1 fully saturated rings. The van der Waals surface area contributed by atoms with Crippen molar-refractivity contribution >= 4 is 11.6 Å². The number of nitrogens with one attached hydrogen (secondary N) is 1. The predicted molar refractivity (Wildman–Crippen MR) is 68.4 cm³/mol. The molecule has 1 saturated heterocycles. The molecule has 3 nitrogen and oxygen atoms in total. The maximum Gasteiger partial charge on any atom is 0.120 e. The SMILES string of the molecule is CC1CC(NCc2cc(Cl)ccc2O)CCO1. The van der Waals surface area contributed by atoms with Crippen molar-refractivity contribution in [3.63, 3.8) is 0 Å². The van der Waals surface area contributed by atoms with E-state index in [1.54, 1.807) is 18.2 Å². The molecule has 0 saturated carbocycles. The van der Waals surface area contributed by atoms with Gasteiger partial charge >= 0.3 is 0 Å². The maximum atomic E-state index is 9.69. The number of hydrogen-bond acceptors (Lipinski definition) is 3. The summed E-state index contributed by atoms with van der Waals surface area (Å²) in [4.78, 5) is 0. The lowest BCUT2D eigenvalue weighted by Crippen LogP contribution is -2.37. The summed E-state index contributed by atoms with van der Waals surface area (Å²) >= 11 is 5.90. The molecule has 0 aliphatic carbocycles. The van der Waals surface area contributed by atoms with Crippen molar-refractivity contribution in [1.82, 2.24) is 5.32 Å². The smallest absolute Gasteiger partial charge is 0.120 e. The van der Waals surface area contributed by atoms with Gasteiger partial charge in [0.25, 0.3) is 0 Å². The first-order valence-electron chi connectivity index (χ1n) is 5.97. The molecular weight excluding hydrogens is 238 g/mol. The lowest BCUT2D eigenvalue weighted by molar-refractivity contribution is 0.0130. The van der Waals surface area contributed by atoms with Gasteiger partial charge in [-0.2, -0.15) is 0 Å². The molecule has 0 bridgehead atoms. The molecule has 1 heterocycles. The third-order valence-corrected chi connectivity index (χ3v) is 3.34. The lowest BCUT2D eigenvalue weighted by Gasteiger charge is -2.28. The average Bonchev–Trinajstić information content (AvgIpc) is 2.30. The van der Waals surface area contributed by atoms with E-state index in [0.29, 0.717) is 29.5 Å². The molecule has 4 heteroatoms. The summed E-state index contributed by atoms with van der Waals surface area (Å²) in [7, 11) is 0. The molecule has 1 aliphatic heterocycles. The molecule has 0 radical (unpaired) electrons. The topological polar surface area (TPSA) is 41.5 Å². The second kappa shape index (κ2) is 5.71. The summed E-state index contributed by atoms with van der Waals surface area (Å²) in [6, 6.07) is 5.58. The van der Waals surface area contributed by atoms with E-state index in [0.717, 1.165) is 25.0 Å². The second-order valence-corrected chi connectivity index (χ2v) is 4.99. The highest BCUT2D eigenvalue weighted by Crippen LogP contribution is 2.22. The van der Waals surface area contributed by atoms with Crippen LogP contribution in [0.15, 0.2) is 18.2 Å². The summed E-state index contributed by atoms with van der Waals surface area (Å²) in [5.41, 5.74) is 0.844. The molecule has 2 N–H and O–H groups in total. The van der Waals surface area contributed by atoms with Crippen molar-refractivity contribution < 1.29 is 9.84 Å². The van der Waals surface area contributed by atoms with E-state index in [1.807, 2.05) is 0 Å². The standard InChI is InChI=1S/C13H18ClNO2/c1-9-6-12(4-5-17-9)15-8-10-7-11(14)2-3-13(10)16/h2-3,7,9,12,15-16H,4-6,8H2,1H3. The first kappa shape index (κ1) is 12.7. The van der Waals surface area contributed by atoms with Crippen molar-refractivity contribution in [1.29, 1.82) is 0 Å². The van der Waals surface area contributed by atoms with Crippen LogP contribution in [0.4, 0.5) is 0 Å². The quantitative estimate of drug-likeness (QED) is 0.873. The molecule has 2 rings (SSSR count). The van der Waals surface area contributed by atoms with E-state index >= 15 is 0 Å². The van der Waals surface area contributed by atoms with Crippen LogP contribution in [0.25, 0.3) is 0 Å². The van der Waals surface area contributed by atoms with Gasteiger partial charge in [0.15, 0.2) is 0 Å². The van der Waals surface area contributed by atoms with Gasteiger partial charge in [-0.3, -0.25) is 0 Å². The number of ether oxygens (including phenoxy) is 1. The largest absolute Gasteiger partial charge is 0.508 e. The molecule has 94 valence electrons. The van der Waals surface area contributed by atoms with Crippen LogP contribution in [0.5, 0.6) is 5.75 Å². The van der Waals surface area contributed by atoms with Crippen LogP contribution in [-0.4, -0.2) is 23.9 Å². The zero-order valence-corrected chi connectivity index (χ0v) is 10.7. The van der Waals surface area contributed by atoms with Crippen LogP contribution in [-0.2, 0) is 11.3 Å². The highest BCUT2D eigenvalue weighted by molar-refractivity contribution is 6.30. The number of rotatable bonds is 3. The van der Waals surface area contributed by atoms with Crippen molar-refractivity contribution in [2.45, 2.75) is 38.5 Å². The Hall–Kier alpha value is -0.770. The van der Waals surface area contributed by atoms with Crippen LogP contribution in [0.1, 0.15) is 25.3 Å². The van der Waals surface area contributed by atoms with Crippen LogP contribution < -0.4 is 5.32 Å². The van der Waals surface area contributed by atoms with Gasteiger partial charge < -0.3 is 15.2 Å². The number of phenolic OH excluding ortho intramolecular Hbond substituents is 1. The van der Waals surface area contributed by atoms with E-state index in [-0.39, 0.29) is 0 Å². The van der Waals surface area contributed by atoms with Crippen molar-refractivity contribution in [2.75, 3.05) is 6.61 Å². The summed E-state index contributed by atoms with van der Waals surface area (Å²) in [6.07, 6.45) is 2.35. The highest BCUT2D eigenvalue weighted by Gasteiger charge is 2.18. The highest BCUT2D eigenvalue weighted by atomic mass is 35.5. The molecule has 0 spiro atoms. The van der Waals surface area contributed by atoms with E-state index in [2.05, 4.69) is 12.2 Å². The Morgan fingerprint density at radius 1 is 1.53 bits per heavy atom. The van der Waals surface area contributed by atoms with E-state index in [9.17, 15) is 5.11 Å². The number of phenols is 1. The summed E-state index contributed by atoms with van der Waals surface area (Å²) < 4.78 is 5.49. The number of hydrogen-bond donors (Lipinski definition) is 2. The van der Waals surface area contributed by atoms with Gasteiger partial charge in [0.2, 0.25) is 0 Å². The molecule has 2 unspecified atom stereocenters. The minimum absolute atomic E-state index is 0.294. The number of benzene rings is 1. The Morgan fingerprint density at radius 3 is 3.12 bits per heavy atom. The Labute approximate surface area is 107 Å². The van der Waals surface area contributed by atoms with Crippen LogP contribution in [0.3, 0.4) is 0 Å². The van der Waals surface area contributed by atoms with Crippen molar-refractivity contribution in [3.8, 4) is 5.75 Å². The monoisotopic (exact) mass is 255 g/mol. The predicted octanol–water partition coefficient (Wildman–Crippen LogP) is 2.70. The normalized spacial score (nSPS) is 24.8. The molecule has 1 aromatic carbocycles. The van der Waals surface area contributed by atoms with Gasteiger partial charge in [-0.1, -0.05) is 11.6 Å². The average molecular weight is 256 g/mol. The number of aromatic hydroxyl groups is 1. The van der Waals surface area contributed by atoms with Gasteiger partial charge in [-0.15, -0.1) is 0 Å². The molecular formula is C13H18ClNO2. The minimum atomic E-state index is 0.294. The Kier molecular flexibility index (Phi) is 4.26. The Balaban J connectivity index is 1.90. The lowest BCUT2D eigenvalue weighted by atomic mass is 10.0. The summed E-state index contributed by atoms with van der Waals surface area (Å²) in [5.74, 6) is 0.294. The molecule has 0 aromatic heterocycles. The minimum Gasteiger partial charge on any atom is -0.508 e. The fourth-order valence-electron chi connectivity index (χ4n) is 2.13. The number of halogens is 1. The molecule has 1 aromatic rings. The van der Waals surface area contributed by atoms with Gasteiger partial charge in [0.05, 0.1) is 6.10 Å². The third-order valence-electron chi connectivity index (χ3n) is 3.11. The molecule has 1 aliphatic rings. The van der Waals surface area contributed by atoms with Crippen LogP contribution >= 0.6 is 11.6 Å². The molecule has 17 heavy (non-hydrogen) atoms. The fourth-order valence-corrected chi connectivity index (χ4v) is 2.33. The van der Waals surface area contributed by atoms with Gasteiger partial charge in [-0.25, -0.2) is 0 Å². The van der Waals surface area contributed by atoms with Gasteiger partial charge in [-0.05, 0) is 38.0 Å². The summed E-state index contributed by atoms with van der Waals surface area (Å²) in [5, 5.41) is 13.8. The molecule has 0 amide bonds. The van der Waals surface area contributed by atoms with E-state index < -0.39 is 0 Å². The first-order chi connectivity index (χ1) is 8.15. The Bertz CT molecular complexity index is 384. The fraction of sp³-hybridized carbons (Fsp3) is 0.538. The third kappa shape index (κ3) is 3.60. The van der Waals surface area contributed by atoms with Gasteiger partial charge in [0.1, 0.15) is 5.75 Å². The van der Waals surface area contributed by atoms with Crippen LogP contribution in [0.2, 0.25) is 5.02 Å². The van der Waals surface area contributed by atoms with Gasteiger partial charge in [0, 0.05) is 29.8 Å². The zero-order valence-electron chi connectivity index (χ0n) is 9.95. The first-order valence-corrected chi connectivity index (χ1v) is 6.35. The zero-order chi connectivity index (χ0) is 12.3.